The van der Waals surface area contributed by atoms with Gasteiger partial charge in [0.15, 0.2) is 11.2 Å². The number of carbonyl (C=O) groups is 1. The molecule has 2 aromatic carbocycles. The zero-order valence-electron chi connectivity index (χ0n) is 17.3. The van der Waals surface area contributed by atoms with E-state index in [9.17, 15) is 9.59 Å². The molecule has 1 unspecified atom stereocenters. The summed E-state index contributed by atoms with van der Waals surface area (Å²) in [4.78, 5) is 27.7. The zero-order valence-corrected chi connectivity index (χ0v) is 18.8. The summed E-state index contributed by atoms with van der Waals surface area (Å²) in [5.74, 6) is -0.421. The molecule has 31 heavy (non-hydrogen) atoms. The van der Waals surface area contributed by atoms with E-state index in [-0.39, 0.29) is 17.2 Å². The molecule has 1 aliphatic rings. The van der Waals surface area contributed by atoms with E-state index >= 15 is 0 Å². The molecule has 0 bridgehead atoms. The molecular weight excluding hydrogens is 435 g/mol. The van der Waals surface area contributed by atoms with Gasteiger partial charge in [-0.05, 0) is 68.2 Å². The van der Waals surface area contributed by atoms with E-state index < -0.39 is 5.91 Å². The van der Waals surface area contributed by atoms with Gasteiger partial charge in [-0.3, -0.25) is 14.5 Å². The number of halogens is 2. The Morgan fingerprint density at radius 3 is 2.52 bits per heavy atom. The molecule has 2 heterocycles. The first-order chi connectivity index (χ1) is 14.9. The van der Waals surface area contributed by atoms with Crippen molar-refractivity contribution < 1.29 is 9.21 Å². The summed E-state index contributed by atoms with van der Waals surface area (Å²) in [5.41, 5.74) is 1.93. The Kier molecular flexibility index (Phi) is 6.65. The van der Waals surface area contributed by atoms with Crippen LogP contribution >= 0.6 is 23.2 Å². The first kappa shape index (κ1) is 21.9. The lowest BCUT2D eigenvalue weighted by atomic mass is 10.0. The van der Waals surface area contributed by atoms with Crippen LogP contribution in [-0.4, -0.2) is 30.4 Å². The molecule has 4 rings (SSSR count). The van der Waals surface area contributed by atoms with E-state index in [0.29, 0.717) is 27.6 Å². The zero-order chi connectivity index (χ0) is 22.0. The minimum Gasteiger partial charge on any atom is -0.451 e. The fraction of sp³-hybridized carbons (Fsp3) is 0.333. The number of benzene rings is 2. The van der Waals surface area contributed by atoms with Crippen LogP contribution in [0.5, 0.6) is 0 Å². The van der Waals surface area contributed by atoms with Crippen molar-refractivity contribution >= 4 is 40.1 Å². The number of hydrogen-bond acceptors (Lipinski definition) is 4. The number of amides is 1. The molecule has 1 aromatic heterocycles. The molecule has 162 valence electrons. The molecule has 1 aliphatic heterocycles. The average molecular weight is 459 g/mol. The van der Waals surface area contributed by atoms with Gasteiger partial charge in [0, 0.05) is 22.7 Å². The number of carbonyl (C=O) groups excluding carboxylic acids is 1. The second-order valence-electron chi connectivity index (χ2n) is 7.95. The van der Waals surface area contributed by atoms with Crippen molar-refractivity contribution in [1.82, 2.24) is 10.2 Å². The average Bonchev–Trinajstić information content (AvgIpc) is 2.77. The van der Waals surface area contributed by atoms with Crippen LogP contribution in [-0.2, 0) is 0 Å². The van der Waals surface area contributed by atoms with Gasteiger partial charge in [-0.25, -0.2) is 0 Å². The fourth-order valence-electron chi connectivity index (χ4n) is 4.04. The van der Waals surface area contributed by atoms with Crippen molar-refractivity contribution in [2.75, 3.05) is 19.6 Å². The van der Waals surface area contributed by atoms with Crippen LogP contribution in [0.3, 0.4) is 0 Å². The molecule has 1 saturated heterocycles. The molecule has 0 radical (unpaired) electrons. The van der Waals surface area contributed by atoms with Gasteiger partial charge in [0.1, 0.15) is 5.58 Å². The Morgan fingerprint density at radius 1 is 1.10 bits per heavy atom. The largest absolute Gasteiger partial charge is 0.451 e. The van der Waals surface area contributed by atoms with Crippen LogP contribution in [0.4, 0.5) is 0 Å². The molecule has 1 N–H and O–H groups in total. The van der Waals surface area contributed by atoms with Gasteiger partial charge >= 0.3 is 0 Å². The highest BCUT2D eigenvalue weighted by Crippen LogP contribution is 2.26. The summed E-state index contributed by atoms with van der Waals surface area (Å²) in [6.45, 7) is 4.19. The van der Waals surface area contributed by atoms with Crippen LogP contribution in [0.1, 0.15) is 47.0 Å². The van der Waals surface area contributed by atoms with Crippen molar-refractivity contribution in [3.8, 4) is 0 Å². The summed E-state index contributed by atoms with van der Waals surface area (Å²) in [7, 11) is 0. The Balaban J connectivity index is 1.56. The molecule has 0 spiro atoms. The summed E-state index contributed by atoms with van der Waals surface area (Å²) in [6, 6.07) is 12.2. The highest BCUT2D eigenvalue weighted by atomic mass is 35.5. The number of fused-ring (bicyclic) bond motifs is 1. The van der Waals surface area contributed by atoms with Crippen LogP contribution in [0.2, 0.25) is 10.0 Å². The molecule has 5 nitrogen and oxygen atoms in total. The van der Waals surface area contributed by atoms with E-state index in [1.807, 2.05) is 31.2 Å². The van der Waals surface area contributed by atoms with Crippen LogP contribution in [0.25, 0.3) is 11.0 Å². The molecule has 3 aromatic rings. The minimum absolute atomic E-state index is 0.00674. The number of nitrogens with zero attached hydrogens (tertiary/aromatic N) is 1. The third kappa shape index (κ3) is 4.95. The lowest BCUT2D eigenvalue weighted by Crippen LogP contribution is -2.40. The van der Waals surface area contributed by atoms with Gasteiger partial charge in [0.2, 0.25) is 0 Å². The second-order valence-corrected chi connectivity index (χ2v) is 8.79. The monoisotopic (exact) mass is 458 g/mol. The van der Waals surface area contributed by atoms with E-state index in [1.54, 1.807) is 12.1 Å². The lowest BCUT2D eigenvalue weighted by Gasteiger charge is -2.35. The molecule has 1 atom stereocenters. The normalized spacial score (nSPS) is 15.7. The minimum atomic E-state index is -0.414. The van der Waals surface area contributed by atoms with E-state index in [4.69, 9.17) is 27.6 Å². The predicted octanol–water partition coefficient (Wildman–Crippen LogP) is 5.37. The lowest BCUT2D eigenvalue weighted by molar-refractivity contribution is 0.0897. The van der Waals surface area contributed by atoms with Crippen molar-refractivity contribution in [2.24, 2.45) is 0 Å². The summed E-state index contributed by atoms with van der Waals surface area (Å²) < 4.78 is 5.74. The Morgan fingerprint density at radius 2 is 1.81 bits per heavy atom. The second kappa shape index (κ2) is 9.43. The maximum absolute atomic E-state index is 12.9. The van der Waals surface area contributed by atoms with E-state index in [0.717, 1.165) is 37.1 Å². The Labute approximate surface area is 190 Å². The first-order valence-electron chi connectivity index (χ1n) is 10.4. The number of aryl methyl sites for hydroxylation is 1. The van der Waals surface area contributed by atoms with Gasteiger partial charge in [-0.2, -0.15) is 0 Å². The number of hydrogen-bond donors (Lipinski definition) is 1. The quantitative estimate of drug-likeness (QED) is 0.558. The Bertz CT molecular complexity index is 1150. The van der Waals surface area contributed by atoms with Gasteiger partial charge < -0.3 is 9.73 Å². The molecule has 0 saturated carbocycles. The Hall–Kier alpha value is -2.34. The first-order valence-corrected chi connectivity index (χ1v) is 11.2. The van der Waals surface area contributed by atoms with Crippen molar-refractivity contribution in [3.63, 3.8) is 0 Å². The standard InChI is InChI=1S/C24H24Cl2N2O3/c1-15-11-22-18(12-19(15)26)21(29)13-23(31-22)24(30)27-14-20(28-9-3-2-4-10-28)16-5-7-17(25)8-6-16/h5-8,11-13,20H,2-4,9-10,14H2,1H3,(H,27,30). The molecule has 1 fully saturated rings. The van der Waals surface area contributed by atoms with Gasteiger partial charge in [0.05, 0.1) is 11.4 Å². The van der Waals surface area contributed by atoms with E-state index in [1.165, 1.54) is 12.5 Å². The maximum atomic E-state index is 12.9. The summed E-state index contributed by atoms with van der Waals surface area (Å²) >= 11 is 12.2. The smallest absolute Gasteiger partial charge is 0.287 e. The van der Waals surface area contributed by atoms with Crippen molar-refractivity contribution in [1.29, 1.82) is 0 Å². The van der Waals surface area contributed by atoms with Crippen LogP contribution in [0.15, 0.2) is 51.7 Å². The van der Waals surface area contributed by atoms with Gasteiger partial charge in [0.25, 0.3) is 5.91 Å². The molecule has 0 aliphatic carbocycles. The SMILES string of the molecule is Cc1cc2oc(C(=O)NCC(c3ccc(Cl)cc3)N3CCCCC3)cc(=O)c2cc1Cl. The van der Waals surface area contributed by atoms with Gasteiger partial charge in [-0.15, -0.1) is 0 Å². The van der Waals surface area contributed by atoms with Crippen LogP contribution in [0, 0.1) is 6.92 Å². The summed E-state index contributed by atoms with van der Waals surface area (Å²) in [6.07, 6.45) is 3.50. The van der Waals surface area contributed by atoms with Crippen molar-refractivity contribution in [2.45, 2.75) is 32.2 Å². The summed E-state index contributed by atoms with van der Waals surface area (Å²) in [5, 5.41) is 4.49. The topological polar surface area (TPSA) is 62.6 Å². The van der Waals surface area contributed by atoms with Crippen LogP contribution < -0.4 is 10.7 Å². The number of nitrogens with one attached hydrogen (secondary N) is 1. The fourth-order valence-corrected chi connectivity index (χ4v) is 4.33. The highest BCUT2D eigenvalue weighted by Gasteiger charge is 2.24. The predicted molar refractivity (Wildman–Crippen MR) is 124 cm³/mol. The molecule has 1 amide bonds. The number of rotatable bonds is 5. The number of piperidine rings is 1. The third-order valence-corrected chi connectivity index (χ3v) is 6.43. The number of likely N-dealkylation sites (tertiary alicyclic amines) is 1. The van der Waals surface area contributed by atoms with Crippen molar-refractivity contribution in [3.05, 3.63) is 79.6 Å². The van der Waals surface area contributed by atoms with E-state index in [2.05, 4.69) is 10.2 Å². The molecular formula is C24H24Cl2N2O3. The third-order valence-electron chi connectivity index (χ3n) is 5.77. The molecule has 7 heteroatoms. The maximum Gasteiger partial charge on any atom is 0.287 e. The highest BCUT2D eigenvalue weighted by molar-refractivity contribution is 6.32. The van der Waals surface area contributed by atoms with Gasteiger partial charge in [-0.1, -0.05) is 41.8 Å².